The van der Waals surface area contributed by atoms with E-state index in [1.165, 1.54) is 16.7 Å². The summed E-state index contributed by atoms with van der Waals surface area (Å²) in [6.07, 6.45) is 3.52. The molecule has 2 N–H and O–H groups in total. The van der Waals surface area contributed by atoms with Gasteiger partial charge in [0, 0.05) is 28.8 Å². The first-order valence-corrected chi connectivity index (χ1v) is 7.26. The number of pyridine rings is 1. The van der Waals surface area contributed by atoms with E-state index >= 15 is 0 Å². The zero-order chi connectivity index (χ0) is 13.8. The molecule has 2 aromatic rings. The molecule has 1 atom stereocenters. The van der Waals surface area contributed by atoms with Crippen molar-refractivity contribution >= 4 is 15.9 Å². The smallest absolute Gasteiger partial charge is 0.0420 e. The van der Waals surface area contributed by atoms with Crippen LogP contribution < -0.4 is 5.73 Å². The van der Waals surface area contributed by atoms with E-state index in [-0.39, 0.29) is 6.04 Å². The third kappa shape index (κ3) is 4.15. The Labute approximate surface area is 123 Å². The van der Waals surface area contributed by atoms with Crippen LogP contribution in [0, 0.1) is 13.8 Å². The van der Waals surface area contributed by atoms with Crippen molar-refractivity contribution in [3.8, 4) is 0 Å². The topological polar surface area (TPSA) is 38.9 Å². The number of rotatable bonds is 4. The van der Waals surface area contributed by atoms with Crippen LogP contribution in [-0.2, 0) is 12.8 Å². The minimum atomic E-state index is 0.106. The Hall–Kier alpha value is -1.19. The van der Waals surface area contributed by atoms with Gasteiger partial charge in [-0.15, -0.1) is 0 Å². The van der Waals surface area contributed by atoms with Crippen LogP contribution in [0.15, 0.2) is 41.0 Å². The van der Waals surface area contributed by atoms with Crippen molar-refractivity contribution in [2.75, 3.05) is 0 Å². The molecule has 0 aliphatic rings. The van der Waals surface area contributed by atoms with Gasteiger partial charge in [-0.3, -0.25) is 4.98 Å². The third-order valence-electron chi connectivity index (χ3n) is 3.25. The van der Waals surface area contributed by atoms with Crippen LogP contribution in [0.2, 0.25) is 0 Å². The first-order valence-electron chi connectivity index (χ1n) is 6.47. The molecule has 19 heavy (non-hydrogen) atoms. The van der Waals surface area contributed by atoms with Crippen LogP contribution in [0.1, 0.15) is 22.4 Å². The zero-order valence-electron chi connectivity index (χ0n) is 11.4. The third-order valence-corrected chi connectivity index (χ3v) is 3.72. The Morgan fingerprint density at radius 3 is 2.63 bits per heavy atom. The minimum Gasteiger partial charge on any atom is -0.327 e. The van der Waals surface area contributed by atoms with Crippen LogP contribution in [0.25, 0.3) is 0 Å². The summed E-state index contributed by atoms with van der Waals surface area (Å²) in [6, 6.07) is 10.7. The van der Waals surface area contributed by atoms with Gasteiger partial charge in [0.25, 0.3) is 0 Å². The van der Waals surface area contributed by atoms with Gasteiger partial charge in [0.1, 0.15) is 0 Å². The zero-order valence-corrected chi connectivity index (χ0v) is 12.9. The molecule has 0 radical (unpaired) electrons. The molecule has 0 saturated heterocycles. The highest BCUT2D eigenvalue weighted by atomic mass is 79.9. The van der Waals surface area contributed by atoms with Crippen molar-refractivity contribution in [3.05, 3.63) is 63.4 Å². The lowest BCUT2D eigenvalue weighted by Gasteiger charge is -2.14. The van der Waals surface area contributed by atoms with Gasteiger partial charge in [-0.2, -0.15) is 0 Å². The molecule has 0 saturated carbocycles. The summed E-state index contributed by atoms with van der Waals surface area (Å²) in [6.45, 7) is 4.25. The van der Waals surface area contributed by atoms with Gasteiger partial charge in [0.05, 0.1) is 0 Å². The van der Waals surface area contributed by atoms with Crippen LogP contribution in [0.5, 0.6) is 0 Å². The fraction of sp³-hybridized carbons (Fsp3) is 0.312. The Morgan fingerprint density at radius 1 is 1.16 bits per heavy atom. The first kappa shape index (κ1) is 14.2. The number of nitrogens with zero attached hydrogens (tertiary/aromatic N) is 1. The molecule has 0 spiro atoms. The lowest BCUT2D eigenvalue weighted by molar-refractivity contribution is 0.652. The molecular formula is C16H19BrN2. The molecule has 0 amide bonds. The second-order valence-corrected chi connectivity index (χ2v) is 5.98. The lowest BCUT2D eigenvalue weighted by Crippen LogP contribution is -2.26. The van der Waals surface area contributed by atoms with E-state index in [0.29, 0.717) is 0 Å². The maximum absolute atomic E-state index is 6.24. The van der Waals surface area contributed by atoms with E-state index < -0.39 is 0 Å². The van der Waals surface area contributed by atoms with Gasteiger partial charge in [0.15, 0.2) is 0 Å². The predicted molar refractivity (Wildman–Crippen MR) is 83.2 cm³/mol. The summed E-state index contributed by atoms with van der Waals surface area (Å²) in [7, 11) is 0. The summed E-state index contributed by atoms with van der Waals surface area (Å²) in [4.78, 5) is 4.37. The highest BCUT2D eigenvalue weighted by Crippen LogP contribution is 2.14. The second-order valence-electron chi connectivity index (χ2n) is 5.07. The van der Waals surface area contributed by atoms with E-state index in [0.717, 1.165) is 23.0 Å². The van der Waals surface area contributed by atoms with Crippen LogP contribution in [-0.4, -0.2) is 11.0 Å². The molecular weight excluding hydrogens is 300 g/mol. The summed E-state index contributed by atoms with van der Waals surface area (Å²) in [5.74, 6) is 0. The number of aryl methyl sites for hydroxylation is 2. The van der Waals surface area contributed by atoms with Gasteiger partial charge in [0.2, 0.25) is 0 Å². The predicted octanol–water partition coefficient (Wildman–Crippen LogP) is 3.57. The van der Waals surface area contributed by atoms with Crippen molar-refractivity contribution < 1.29 is 0 Å². The van der Waals surface area contributed by atoms with Crippen molar-refractivity contribution in [2.24, 2.45) is 5.73 Å². The van der Waals surface area contributed by atoms with Gasteiger partial charge in [-0.1, -0.05) is 23.8 Å². The Balaban J connectivity index is 2.02. The Morgan fingerprint density at radius 2 is 1.95 bits per heavy atom. The second kappa shape index (κ2) is 6.31. The molecule has 2 nitrogen and oxygen atoms in total. The fourth-order valence-corrected chi connectivity index (χ4v) is 2.41. The minimum absolute atomic E-state index is 0.106. The Kier molecular flexibility index (Phi) is 4.72. The van der Waals surface area contributed by atoms with E-state index in [9.17, 15) is 0 Å². The maximum atomic E-state index is 6.24. The van der Waals surface area contributed by atoms with E-state index in [1.54, 1.807) is 0 Å². The van der Waals surface area contributed by atoms with E-state index in [4.69, 9.17) is 5.73 Å². The highest BCUT2D eigenvalue weighted by molar-refractivity contribution is 9.10. The molecule has 1 aromatic carbocycles. The summed E-state index contributed by atoms with van der Waals surface area (Å²) in [5, 5.41) is 0. The summed E-state index contributed by atoms with van der Waals surface area (Å²) in [5.41, 5.74) is 11.2. The summed E-state index contributed by atoms with van der Waals surface area (Å²) < 4.78 is 0.999. The van der Waals surface area contributed by atoms with Gasteiger partial charge >= 0.3 is 0 Å². The van der Waals surface area contributed by atoms with Crippen LogP contribution >= 0.6 is 15.9 Å². The molecule has 1 heterocycles. The number of hydrogen-bond acceptors (Lipinski definition) is 2. The average molecular weight is 319 g/mol. The van der Waals surface area contributed by atoms with Crippen molar-refractivity contribution in [1.29, 1.82) is 0 Å². The van der Waals surface area contributed by atoms with Crippen molar-refractivity contribution in [1.82, 2.24) is 4.98 Å². The van der Waals surface area contributed by atoms with Crippen LogP contribution in [0.3, 0.4) is 0 Å². The van der Waals surface area contributed by atoms with Gasteiger partial charge in [-0.05, 0) is 59.5 Å². The summed E-state index contributed by atoms with van der Waals surface area (Å²) >= 11 is 3.39. The molecule has 2 rings (SSSR count). The number of aromatic nitrogens is 1. The molecule has 0 fully saturated rings. The molecule has 0 bridgehead atoms. The molecule has 1 unspecified atom stereocenters. The standard InChI is InChI=1S/C16H19BrN2/c1-11-3-4-12(2)13(7-11)8-15(18)9-16-6-5-14(17)10-19-16/h3-7,10,15H,8-9,18H2,1-2H3. The first-order chi connectivity index (χ1) is 9.04. The van der Waals surface area contributed by atoms with Gasteiger partial charge < -0.3 is 5.73 Å². The normalized spacial score (nSPS) is 12.4. The van der Waals surface area contributed by atoms with Crippen LogP contribution in [0.4, 0.5) is 0 Å². The number of halogens is 1. The van der Waals surface area contributed by atoms with Crippen molar-refractivity contribution in [2.45, 2.75) is 32.7 Å². The lowest BCUT2D eigenvalue weighted by atomic mass is 9.97. The monoisotopic (exact) mass is 318 g/mol. The number of nitrogens with two attached hydrogens (primary N) is 1. The van der Waals surface area contributed by atoms with E-state index in [1.807, 2.05) is 18.3 Å². The largest absolute Gasteiger partial charge is 0.327 e. The maximum Gasteiger partial charge on any atom is 0.0420 e. The quantitative estimate of drug-likeness (QED) is 0.935. The Bertz CT molecular complexity index is 549. The fourth-order valence-electron chi connectivity index (χ4n) is 2.17. The number of hydrogen-bond donors (Lipinski definition) is 1. The molecule has 3 heteroatoms. The average Bonchev–Trinajstić information content (AvgIpc) is 2.37. The SMILES string of the molecule is Cc1ccc(C)c(CC(N)Cc2ccc(Br)cn2)c1. The molecule has 0 aliphatic heterocycles. The highest BCUT2D eigenvalue weighted by Gasteiger charge is 2.08. The molecule has 100 valence electrons. The van der Waals surface area contributed by atoms with E-state index in [2.05, 4.69) is 53.0 Å². The molecule has 0 aliphatic carbocycles. The van der Waals surface area contributed by atoms with Crippen molar-refractivity contribution in [3.63, 3.8) is 0 Å². The van der Waals surface area contributed by atoms with Gasteiger partial charge in [-0.25, -0.2) is 0 Å². The number of benzene rings is 1. The molecule has 1 aromatic heterocycles.